The number of aryl methyl sites for hydroxylation is 1. The summed E-state index contributed by atoms with van der Waals surface area (Å²) < 4.78 is 5.77. The third-order valence-corrected chi connectivity index (χ3v) is 3.16. The molecule has 2 N–H and O–H groups in total. The molecule has 1 aromatic carbocycles. The molecule has 1 rings (SSSR count). The highest BCUT2D eigenvalue weighted by Gasteiger charge is 2.13. The van der Waals surface area contributed by atoms with Crippen LogP contribution in [-0.2, 0) is 11.2 Å². The minimum Gasteiger partial charge on any atom is -0.376 e. The molecule has 0 aliphatic carbocycles. The van der Waals surface area contributed by atoms with E-state index in [4.69, 9.17) is 10.5 Å². The lowest BCUT2D eigenvalue weighted by atomic mass is 9.94. The van der Waals surface area contributed by atoms with Gasteiger partial charge in [0.25, 0.3) is 0 Å². The molecular formula is C16H27NO. The summed E-state index contributed by atoms with van der Waals surface area (Å²) in [7, 11) is 0. The molecule has 0 amide bonds. The van der Waals surface area contributed by atoms with E-state index in [1.54, 1.807) is 0 Å². The lowest BCUT2D eigenvalue weighted by Gasteiger charge is -2.22. The first kappa shape index (κ1) is 15.2. The average molecular weight is 249 g/mol. The van der Waals surface area contributed by atoms with Gasteiger partial charge < -0.3 is 10.5 Å². The molecule has 1 aromatic rings. The number of hydrogen-bond acceptors (Lipinski definition) is 2. The molecule has 0 bridgehead atoms. The maximum Gasteiger partial charge on any atom is 0.0598 e. The van der Waals surface area contributed by atoms with Crippen molar-refractivity contribution in [3.05, 3.63) is 35.4 Å². The Morgan fingerprint density at radius 3 is 2.44 bits per heavy atom. The summed E-state index contributed by atoms with van der Waals surface area (Å²) >= 11 is 0. The topological polar surface area (TPSA) is 35.2 Å². The van der Waals surface area contributed by atoms with Crippen LogP contribution in [0.15, 0.2) is 24.3 Å². The van der Waals surface area contributed by atoms with E-state index in [1.165, 1.54) is 11.1 Å². The van der Waals surface area contributed by atoms with E-state index in [0.717, 1.165) is 26.0 Å². The van der Waals surface area contributed by atoms with Crippen LogP contribution in [0.1, 0.15) is 38.3 Å². The van der Waals surface area contributed by atoms with Crippen molar-refractivity contribution in [2.45, 2.75) is 46.1 Å². The molecule has 1 unspecified atom stereocenters. The third-order valence-electron chi connectivity index (χ3n) is 3.16. The molecule has 0 spiro atoms. The van der Waals surface area contributed by atoms with Gasteiger partial charge in [0.15, 0.2) is 0 Å². The number of ether oxygens (including phenoxy) is 1. The quantitative estimate of drug-likeness (QED) is 0.839. The van der Waals surface area contributed by atoms with Crippen LogP contribution in [0.2, 0.25) is 0 Å². The van der Waals surface area contributed by atoms with Crippen molar-refractivity contribution in [1.29, 1.82) is 0 Å². The molecule has 0 aliphatic heterocycles. The second-order valence-electron chi connectivity index (χ2n) is 5.98. The summed E-state index contributed by atoms with van der Waals surface area (Å²) in [6.45, 7) is 9.94. The predicted octanol–water partition coefficient (Wildman–Crippen LogP) is 3.32. The first-order valence-corrected chi connectivity index (χ1v) is 6.81. The first-order chi connectivity index (χ1) is 8.42. The van der Waals surface area contributed by atoms with Gasteiger partial charge in [0.2, 0.25) is 0 Å². The molecule has 2 heteroatoms. The van der Waals surface area contributed by atoms with E-state index in [2.05, 4.69) is 52.0 Å². The van der Waals surface area contributed by atoms with Crippen molar-refractivity contribution in [3.8, 4) is 0 Å². The zero-order valence-electron chi connectivity index (χ0n) is 12.2. The Balaban J connectivity index is 2.45. The normalized spacial score (nSPS) is 13.6. The minimum atomic E-state index is -0.0538. The van der Waals surface area contributed by atoms with E-state index in [1.807, 2.05) is 0 Å². The molecule has 0 aliphatic rings. The van der Waals surface area contributed by atoms with E-state index in [-0.39, 0.29) is 5.60 Å². The minimum absolute atomic E-state index is 0.0538. The second-order valence-corrected chi connectivity index (χ2v) is 5.98. The van der Waals surface area contributed by atoms with Gasteiger partial charge in [-0.15, -0.1) is 0 Å². The Labute approximate surface area is 112 Å². The third kappa shape index (κ3) is 5.65. The summed E-state index contributed by atoms with van der Waals surface area (Å²) in [5.41, 5.74) is 8.57. The molecule has 0 saturated heterocycles. The van der Waals surface area contributed by atoms with Crippen LogP contribution in [0.5, 0.6) is 0 Å². The van der Waals surface area contributed by atoms with E-state index in [9.17, 15) is 0 Å². The fourth-order valence-electron chi connectivity index (χ4n) is 1.99. The molecule has 1 atom stereocenters. The highest BCUT2D eigenvalue weighted by molar-refractivity contribution is 5.25. The van der Waals surface area contributed by atoms with Crippen LogP contribution < -0.4 is 5.73 Å². The molecule has 18 heavy (non-hydrogen) atoms. The van der Waals surface area contributed by atoms with Crippen LogP contribution in [0.25, 0.3) is 0 Å². The zero-order chi connectivity index (χ0) is 13.6. The zero-order valence-corrected chi connectivity index (χ0v) is 12.2. The Morgan fingerprint density at radius 1 is 1.22 bits per heavy atom. The molecule has 0 radical (unpaired) electrons. The highest BCUT2D eigenvalue weighted by Crippen LogP contribution is 2.16. The molecular weight excluding hydrogens is 222 g/mol. The predicted molar refractivity (Wildman–Crippen MR) is 77.7 cm³/mol. The number of nitrogens with two attached hydrogens (primary N) is 1. The smallest absolute Gasteiger partial charge is 0.0598 e. The van der Waals surface area contributed by atoms with Crippen molar-refractivity contribution in [2.75, 3.05) is 13.2 Å². The lowest BCUT2D eigenvalue weighted by Crippen LogP contribution is -2.24. The van der Waals surface area contributed by atoms with Gasteiger partial charge in [-0.05, 0) is 64.1 Å². The summed E-state index contributed by atoms with van der Waals surface area (Å²) in [6.07, 6.45) is 2.08. The number of rotatable bonds is 6. The van der Waals surface area contributed by atoms with Gasteiger partial charge >= 0.3 is 0 Å². The van der Waals surface area contributed by atoms with Crippen LogP contribution in [-0.4, -0.2) is 18.8 Å². The summed E-state index contributed by atoms with van der Waals surface area (Å²) in [6, 6.07) is 8.54. The SMILES string of the molecule is Cc1ccccc1CC(CN)CCOC(C)(C)C. The fourth-order valence-corrected chi connectivity index (χ4v) is 1.99. The van der Waals surface area contributed by atoms with Crippen LogP contribution >= 0.6 is 0 Å². The van der Waals surface area contributed by atoms with Crippen molar-refractivity contribution >= 4 is 0 Å². The molecule has 2 nitrogen and oxygen atoms in total. The Hall–Kier alpha value is -0.860. The van der Waals surface area contributed by atoms with Crippen LogP contribution in [0.4, 0.5) is 0 Å². The van der Waals surface area contributed by atoms with Crippen LogP contribution in [0.3, 0.4) is 0 Å². The summed E-state index contributed by atoms with van der Waals surface area (Å²) in [4.78, 5) is 0. The van der Waals surface area contributed by atoms with Crippen molar-refractivity contribution in [3.63, 3.8) is 0 Å². The van der Waals surface area contributed by atoms with Gasteiger partial charge in [0.05, 0.1) is 5.60 Å². The van der Waals surface area contributed by atoms with Crippen molar-refractivity contribution < 1.29 is 4.74 Å². The van der Waals surface area contributed by atoms with Gasteiger partial charge in [-0.25, -0.2) is 0 Å². The lowest BCUT2D eigenvalue weighted by molar-refractivity contribution is -0.00887. The molecule has 0 saturated carbocycles. The van der Waals surface area contributed by atoms with Crippen LogP contribution in [0, 0.1) is 12.8 Å². The molecule has 0 heterocycles. The number of hydrogen-bond donors (Lipinski definition) is 1. The van der Waals surface area contributed by atoms with Gasteiger partial charge in [-0.2, -0.15) is 0 Å². The summed E-state index contributed by atoms with van der Waals surface area (Å²) in [5, 5.41) is 0. The second kappa shape index (κ2) is 6.91. The van der Waals surface area contributed by atoms with Crippen molar-refractivity contribution in [2.24, 2.45) is 11.7 Å². The Morgan fingerprint density at radius 2 is 1.89 bits per heavy atom. The monoisotopic (exact) mass is 249 g/mol. The Kier molecular flexibility index (Phi) is 5.83. The number of benzene rings is 1. The van der Waals surface area contributed by atoms with Gasteiger partial charge in [0, 0.05) is 6.61 Å². The first-order valence-electron chi connectivity index (χ1n) is 6.81. The average Bonchev–Trinajstić information content (AvgIpc) is 2.29. The standard InChI is InChI=1S/C16H27NO/c1-13-7-5-6-8-15(13)11-14(12-17)9-10-18-16(2,3)4/h5-8,14H,9-12,17H2,1-4H3. The van der Waals surface area contributed by atoms with Crippen molar-refractivity contribution in [1.82, 2.24) is 0 Å². The summed E-state index contributed by atoms with van der Waals surface area (Å²) in [5.74, 6) is 0.508. The molecule has 102 valence electrons. The fraction of sp³-hybridized carbons (Fsp3) is 0.625. The maximum absolute atomic E-state index is 5.86. The van der Waals surface area contributed by atoms with E-state index < -0.39 is 0 Å². The highest BCUT2D eigenvalue weighted by atomic mass is 16.5. The maximum atomic E-state index is 5.86. The van der Waals surface area contributed by atoms with Gasteiger partial charge in [-0.1, -0.05) is 24.3 Å². The van der Waals surface area contributed by atoms with E-state index >= 15 is 0 Å². The largest absolute Gasteiger partial charge is 0.376 e. The molecule has 0 fully saturated rings. The van der Waals surface area contributed by atoms with Gasteiger partial charge in [-0.3, -0.25) is 0 Å². The Bertz CT molecular complexity index is 354. The van der Waals surface area contributed by atoms with Gasteiger partial charge in [0.1, 0.15) is 0 Å². The molecule has 0 aromatic heterocycles. The van der Waals surface area contributed by atoms with E-state index in [0.29, 0.717) is 5.92 Å².